The van der Waals surface area contributed by atoms with Crippen molar-refractivity contribution in [3.8, 4) is 0 Å². The largest absolute Gasteiger partial charge is 0.478 e. The highest BCUT2D eigenvalue weighted by atomic mass is 16.4. The van der Waals surface area contributed by atoms with Gasteiger partial charge in [0.15, 0.2) is 11.6 Å². The topological polar surface area (TPSA) is 78.3 Å². The molecule has 19 heavy (non-hydrogen) atoms. The minimum atomic E-state index is -0.894. The van der Waals surface area contributed by atoms with E-state index in [-0.39, 0.29) is 0 Å². The Morgan fingerprint density at radius 2 is 2.05 bits per heavy atom. The first-order chi connectivity index (χ1) is 9.24. The highest BCUT2D eigenvalue weighted by molar-refractivity contribution is 5.95. The average molecular weight is 260 g/mol. The fourth-order valence-corrected chi connectivity index (χ4v) is 2.48. The van der Waals surface area contributed by atoms with Gasteiger partial charge in [0.05, 0.1) is 5.57 Å². The number of nitrogens with one attached hydrogen (secondary N) is 1. The molecule has 1 aromatic heterocycles. The molecule has 6 heteroatoms. The molecule has 3 heterocycles. The molecule has 0 unspecified atom stereocenters. The number of carboxylic acid groups (broad SMARTS) is 1. The molecule has 1 aromatic rings. The summed E-state index contributed by atoms with van der Waals surface area (Å²) in [6.45, 7) is 2.28. The number of nitrogens with zero attached hydrogens (tertiary/aromatic N) is 3. The number of anilines is 2. The van der Waals surface area contributed by atoms with E-state index < -0.39 is 5.97 Å². The predicted molar refractivity (Wildman–Crippen MR) is 72.2 cm³/mol. The second kappa shape index (κ2) is 4.87. The minimum absolute atomic E-state index is 0.292. The quantitative estimate of drug-likeness (QED) is 0.836. The van der Waals surface area contributed by atoms with E-state index in [1.54, 1.807) is 6.08 Å². The molecule has 0 amide bonds. The van der Waals surface area contributed by atoms with E-state index in [1.807, 2.05) is 6.07 Å². The first-order valence-corrected chi connectivity index (χ1v) is 6.54. The Balaban J connectivity index is 1.90. The van der Waals surface area contributed by atoms with Gasteiger partial charge in [-0.15, -0.1) is 10.2 Å². The van der Waals surface area contributed by atoms with Crippen LogP contribution in [0.3, 0.4) is 0 Å². The summed E-state index contributed by atoms with van der Waals surface area (Å²) in [5.41, 5.74) is 1.16. The van der Waals surface area contributed by atoms with Crippen LogP contribution in [0.4, 0.5) is 11.6 Å². The lowest BCUT2D eigenvalue weighted by molar-refractivity contribution is -0.132. The van der Waals surface area contributed by atoms with Crippen molar-refractivity contribution in [2.24, 2.45) is 0 Å². The van der Waals surface area contributed by atoms with Crippen molar-refractivity contribution in [3.63, 3.8) is 0 Å². The summed E-state index contributed by atoms with van der Waals surface area (Å²) < 4.78 is 0. The number of hydrogen-bond acceptors (Lipinski definition) is 5. The van der Waals surface area contributed by atoms with E-state index in [2.05, 4.69) is 20.4 Å². The van der Waals surface area contributed by atoms with Crippen LogP contribution in [0.5, 0.6) is 0 Å². The summed E-state index contributed by atoms with van der Waals surface area (Å²) in [7, 11) is 0. The Morgan fingerprint density at radius 3 is 2.79 bits per heavy atom. The maximum absolute atomic E-state index is 11.0. The smallest absolute Gasteiger partial charge is 0.333 e. The monoisotopic (exact) mass is 260 g/mol. The molecule has 2 aliphatic heterocycles. The Morgan fingerprint density at radius 1 is 1.26 bits per heavy atom. The standard InChI is InChI=1S/C13H16N4O2/c18-13(19)10-6-9-7-11(15-16-12(9)14-8-10)17-4-2-1-3-5-17/h6-7H,1-5,8H2,(H,14,16)(H,18,19). The Labute approximate surface area is 111 Å². The van der Waals surface area contributed by atoms with Gasteiger partial charge >= 0.3 is 5.97 Å². The van der Waals surface area contributed by atoms with Crippen molar-refractivity contribution in [1.29, 1.82) is 0 Å². The SMILES string of the molecule is O=C(O)C1=Cc2cc(N3CCCCC3)nnc2NC1. The molecule has 2 aliphatic rings. The van der Waals surface area contributed by atoms with Crippen LogP contribution in [0.2, 0.25) is 0 Å². The highest BCUT2D eigenvalue weighted by Gasteiger charge is 2.19. The number of hydrogen-bond donors (Lipinski definition) is 2. The molecular formula is C13H16N4O2. The second-order valence-electron chi connectivity index (χ2n) is 4.88. The van der Waals surface area contributed by atoms with Crippen molar-refractivity contribution in [3.05, 3.63) is 17.2 Å². The van der Waals surface area contributed by atoms with Crippen molar-refractivity contribution in [2.75, 3.05) is 29.9 Å². The third kappa shape index (κ3) is 2.38. The number of fused-ring (bicyclic) bond motifs is 1. The van der Waals surface area contributed by atoms with Gasteiger partial charge in [-0.25, -0.2) is 4.79 Å². The summed E-state index contributed by atoms with van der Waals surface area (Å²) >= 11 is 0. The zero-order valence-corrected chi connectivity index (χ0v) is 10.6. The van der Waals surface area contributed by atoms with Gasteiger partial charge in [0.25, 0.3) is 0 Å². The molecule has 0 atom stereocenters. The molecular weight excluding hydrogens is 244 g/mol. The molecule has 0 saturated carbocycles. The molecule has 0 bridgehead atoms. The molecule has 0 spiro atoms. The summed E-state index contributed by atoms with van der Waals surface area (Å²) in [6.07, 6.45) is 5.29. The summed E-state index contributed by atoms with van der Waals surface area (Å²) in [4.78, 5) is 13.2. The molecule has 3 rings (SSSR count). The third-order valence-electron chi connectivity index (χ3n) is 3.54. The molecule has 1 fully saturated rings. The van der Waals surface area contributed by atoms with Gasteiger partial charge in [0.2, 0.25) is 0 Å². The van der Waals surface area contributed by atoms with Crippen molar-refractivity contribution in [2.45, 2.75) is 19.3 Å². The summed E-state index contributed by atoms with van der Waals surface area (Å²) in [5, 5.41) is 20.4. The van der Waals surface area contributed by atoms with E-state index in [4.69, 9.17) is 5.11 Å². The van der Waals surface area contributed by atoms with Crippen molar-refractivity contribution >= 4 is 23.7 Å². The van der Waals surface area contributed by atoms with Gasteiger partial charge in [-0.2, -0.15) is 0 Å². The van der Waals surface area contributed by atoms with Gasteiger partial charge in [0.1, 0.15) is 0 Å². The lowest BCUT2D eigenvalue weighted by Crippen LogP contribution is -2.30. The van der Waals surface area contributed by atoms with E-state index in [0.717, 1.165) is 24.5 Å². The fourth-order valence-electron chi connectivity index (χ4n) is 2.48. The van der Waals surface area contributed by atoms with Crippen molar-refractivity contribution in [1.82, 2.24) is 10.2 Å². The minimum Gasteiger partial charge on any atom is -0.478 e. The Bertz CT molecular complexity index is 535. The summed E-state index contributed by atoms with van der Waals surface area (Å²) in [5.74, 6) is 0.600. The van der Waals surface area contributed by atoms with Crippen LogP contribution >= 0.6 is 0 Å². The lowest BCUT2D eigenvalue weighted by Gasteiger charge is -2.28. The normalized spacial score (nSPS) is 18.3. The van der Waals surface area contributed by atoms with Gasteiger partial charge in [-0.05, 0) is 31.4 Å². The second-order valence-corrected chi connectivity index (χ2v) is 4.88. The number of aliphatic carboxylic acids is 1. The zero-order valence-electron chi connectivity index (χ0n) is 10.6. The number of piperidine rings is 1. The van der Waals surface area contributed by atoms with Gasteiger partial charge < -0.3 is 15.3 Å². The van der Waals surface area contributed by atoms with Crippen molar-refractivity contribution < 1.29 is 9.90 Å². The average Bonchev–Trinajstić information content (AvgIpc) is 2.47. The molecule has 0 radical (unpaired) electrons. The van der Waals surface area contributed by atoms with Crippen LogP contribution < -0.4 is 10.2 Å². The summed E-state index contributed by atoms with van der Waals surface area (Å²) in [6, 6.07) is 1.92. The van der Waals surface area contributed by atoms with E-state index >= 15 is 0 Å². The van der Waals surface area contributed by atoms with E-state index in [1.165, 1.54) is 19.3 Å². The zero-order chi connectivity index (χ0) is 13.2. The van der Waals surface area contributed by atoms with Crippen LogP contribution in [0.25, 0.3) is 6.08 Å². The Hall–Kier alpha value is -2.11. The predicted octanol–water partition coefficient (Wildman–Crippen LogP) is 1.36. The first-order valence-electron chi connectivity index (χ1n) is 6.54. The van der Waals surface area contributed by atoms with E-state index in [0.29, 0.717) is 17.9 Å². The lowest BCUT2D eigenvalue weighted by atomic mass is 10.1. The van der Waals surface area contributed by atoms with Crippen LogP contribution in [0, 0.1) is 0 Å². The number of carboxylic acids is 1. The maximum atomic E-state index is 11.0. The third-order valence-corrected chi connectivity index (χ3v) is 3.54. The molecule has 1 saturated heterocycles. The van der Waals surface area contributed by atoms with Crippen LogP contribution in [0.15, 0.2) is 11.6 Å². The number of carbonyl (C=O) groups is 1. The highest BCUT2D eigenvalue weighted by Crippen LogP contribution is 2.25. The molecule has 2 N–H and O–H groups in total. The van der Waals surface area contributed by atoms with Crippen LogP contribution in [0.1, 0.15) is 24.8 Å². The van der Waals surface area contributed by atoms with E-state index in [9.17, 15) is 4.79 Å². The number of aromatic nitrogens is 2. The number of rotatable bonds is 2. The van der Waals surface area contributed by atoms with Crippen LogP contribution in [-0.2, 0) is 4.79 Å². The van der Waals surface area contributed by atoms with Gasteiger partial charge in [0, 0.05) is 25.2 Å². The Kier molecular flexibility index (Phi) is 3.06. The van der Waals surface area contributed by atoms with Gasteiger partial charge in [-0.1, -0.05) is 0 Å². The molecule has 6 nitrogen and oxygen atoms in total. The molecule has 100 valence electrons. The van der Waals surface area contributed by atoms with Crippen LogP contribution in [-0.4, -0.2) is 40.9 Å². The van der Waals surface area contributed by atoms with Gasteiger partial charge in [-0.3, -0.25) is 0 Å². The first kappa shape index (κ1) is 12.0. The fraction of sp³-hybridized carbons (Fsp3) is 0.462. The molecule has 0 aliphatic carbocycles. The molecule has 0 aromatic carbocycles. The maximum Gasteiger partial charge on any atom is 0.333 e.